The molecule has 14 heavy (non-hydrogen) atoms. The topological polar surface area (TPSA) is 61.9 Å². The molecule has 0 aromatic carbocycles. The Hall–Kier alpha value is -1.34. The Balaban J connectivity index is 2.58. The van der Waals surface area contributed by atoms with Gasteiger partial charge in [-0.1, -0.05) is 12.1 Å². The van der Waals surface area contributed by atoms with E-state index in [2.05, 4.69) is 16.5 Å². The zero-order chi connectivity index (χ0) is 10.6. The van der Waals surface area contributed by atoms with E-state index in [1.165, 1.54) is 0 Å². The van der Waals surface area contributed by atoms with Crippen LogP contribution in [0.15, 0.2) is 4.52 Å². The lowest BCUT2D eigenvalue weighted by molar-refractivity contribution is 0.391. The summed E-state index contributed by atoms with van der Waals surface area (Å²) in [5.74, 6) is 0.822. The Morgan fingerprint density at radius 2 is 2.29 bits per heavy atom. The van der Waals surface area contributed by atoms with Crippen LogP contribution in [0.1, 0.15) is 30.4 Å². The summed E-state index contributed by atoms with van der Waals surface area (Å²) in [6.07, 6.45) is 0.805. The third kappa shape index (κ3) is 2.33. The smallest absolute Gasteiger partial charge is 0.138 e. The summed E-state index contributed by atoms with van der Waals surface area (Å²) in [6, 6.07) is 2.10. The van der Waals surface area contributed by atoms with Crippen LogP contribution in [0.25, 0.3) is 0 Å². The minimum atomic E-state index is -0.0938. The van der Waals surface area contributed by atoms with E-state index in [1.54, 1.807) is 0 Å². The molecule has 0 amide bonds. The Kier molecular flexibility index (Phi) is 3.66. The minimum Gasteiger partial charge on any atom is -0.361 e. The fourth-order valence-electron chi connectivity index (χ4n) is 1.26. The normalized spacial score (nSPS) is 12.4. The average molecular weight is 193 g/mol. The zero-order valence-corrected chi connectivity index (χ0v) is 8.79. The number of nitrogens with zero attached hydrogens (tertiary/aromatic N) is 2. The number of aromatic nitrogens is 1. The highest BCUT2D eigenvalue weighted by Gasteiger charge is 2.10. The van der Waals surface area contributed by atoms with Crippen molar-refractivity contribution in [1.82, 2.24) is 10.5 Å². The molecule has 76 valence electrons. The molecule has 1 heterocycles. The van der Waals surface area contributed by atoms with Crippen LogP contribution < -0.4 is 5.32 Å². The van der Waals surface area contributed by atoms with Gasteiger partial charge in [-0.2, -0.15) is 5.26 Å². The van der Waals surface area contributed by atoms with Crippen molar-refractivity contribution in [2.45, 2.75) is 39.8 Å². The van der Waals surface area contributed by atoms with Gasteiger partial charge in [0.15, 0.2) is 0 Å². The van der Waals surface area contributed by atoms with E-state index < -0.39 is 0 Å². The van der Waals surface area contributed by atoms with Crippen LogP contribution in [0, 0.1) is 25.2 Å². The number of nitriles is 1. The lowest BCUT2D eigenvalue weighted by atomic mass is 10.2. The van der Waals surface area contributed by atoms with E-state index >= 15 is 0 Å². The van der Waals surface area contributed by atoms with Gasteiger partial charge in [0.2, 0.25) is 0 Å². The molecule has 1 aromatic rings. The van der Waals surface area contributed by atoms with Gasteiger partial charge in [-0.05, 0) is 20.3 Å². The molecule has 0 fully saturated rings. The molecule has 1 rings (SSSR count). The van der Waals surface area contributed by atoms with Crippen LogP contribution in [0.4, 0.5) is 0 Å². The van der Waals surface area contributed by atoms with Crippen molar-refractivity contribution >= 4 is 0 Å². The molecule has 0 saturated heterocycles. The lowest BCUT2D eigenvalue weighted by Crippen LogP contribution is -2.26. The second-order valence-electron chi connectivity index (χ2n) is 3.27. The number of rotatable bonds is 4. The highest BCUT2D eigenvalue weighted by molar-refractivity contribution is 5.20. The molecule has 1 unspecified atom stereocenters. The first kappa shape index (κ1) is 10.7. The van der Waals surface area contributed by atoms with Gasteiger partial charge in [-0.3, -0.25) is 5.32 Å². The van der Waals surface area contributed by atoms with Crippen LogP contribution in [0.2, 0.25) is 0 Å². The second kappa shape index (κ2) is 4.77. The van der Waals surface area contributed by atoms with E-state index in [0.29, 0.717) is 6.54 Å². The molecular formula is C10H15N3O. The van der Waals surface area contributed by atoms with Gasteiger partial charge in [0.05, 0.1) is 17.8 Å². The maximum Gasteiger partial charge on any atom is 0.138 e. The van der Waals surface area contributed by atoms with E-state index in [-0.39, 0.29) is 6.04 Å². The largest absolute Gasteiger partial charge is 0.361 e. The van der Waals surface area contributed by atoms with E-state index in [0.717, 1.165) is 23.4 Å². The van der Waals surface area contributed by atoms with Crippen molar-refractivity contribution in [3.05, 3.63) is 17.0 Å². The fourth-order valence-corrected chi connectivity index (χ4v) is 1.26. The molecule has 0 aliphatic carbocycles. The number of hydrogen-bond acceptors (Lipinski definition) is 4. The highest BCUT2D eigenvalue weighted by atomic mass is 16.5. The van der Waals surface area contributed by atoms with Crippen molar-refractivity contribution in [2.75, 3.05) is 0 Å². The Morgan fingerprint density at radius 1 is 1.57 bits per heavy atom. The molecule has 0 saturated carbocycles. The highest BCUT2D eigenvalue weighted by Crippen LogP contribution is 2.11. The van der Waals surface area contributed by atoms with Gasteiger partial charge in [0, 0.05) is 12.1 Å². The number of aryl methyl sites for hydroxylation is 2. The summed E-state index contributed by atoms with van der Waals surface area (Å²) in [5, 5.41) is 15.7. The van der Waals surface area contributed by atoms with Crippen molar-refractivity contribution in [2.24, 2.45) is 0 Å². The van der Waals surface area contributed by atoms with Gasteiger partial charge in [-0.25, -0.2) is 0 Å². The van der Waals surface area contributed by atoms with Crippen molar-refractivity contribution in [3.8, 4) is 6.07 Å². The Morgan fingerprint density at radius 3 is 2.71 bits per heavy atom. The third-order valence-corrected chi connectivity index (χ3v) is 2.27. The van der Waals surface area contributed by atoms with Crippen LogP contribution in [-0.4, -0.2) is 11.2 Å². The summed E-state index contributed by atoms with van der Waals surface area (Å²) in [4.78, 5) is 0. The molecular weight excluding hydrogens is 178 g/mol. The molecule has 0 aliphatic rings. The fraction of sp³-hybridized carbons (Fsp3) is 0.600. The molecule has 4 nitrogen and oxygen atoms in total. The molecule has 0 radical (unpaired) electrons. The molecule has 1 atom stereocenters. The monoisotopic (exact) mass is 193 g/mol. The first-order chi connectivity index (χ1) is 6.69. The Labute approximate surface area is 83.9 Å². The summed E-state index contributed by atoms with van der Waals surface area (Å²) >= 11 is 0. The molecule has 1 aromatic heterocycles. The first-order valence-corrected chi connectivity index (χ1v) is 4.73. The van der Waals surface area contributed by atoms with Crippen LogP contribution in [-0.2, 0) is 6.54 Å². The quantitative estimate of drug-likeness (QED) is 0.790. The zero-order valence-electron chi connectivity index (χ0n) is 8.79. The number of hydrogen-bond donors (Lipinski definition) is 1. The van der Waals surface area contributed by atoms with E-state index in [9.17, 15) is 0 Å². The Bertz CT molecular complexity index is 318. The van der Waals surface area contributed by atoms with Crippen LogP contribution >= 0.6 is 0 Å². The SMILES string of the molecule is CCC(C#N)NCc1c(C)noc1C. The maximum absolute atomic E-state index is 8.74. The van der Waals surface area contributed by atoms with Gasteiger partial charge in [0.25, 0.3) is 0 Å². The van der Waals surface area contributed by atoms with Crippen LogP contribution in [0.5, 0.6) is 0 Å². The van der Waals surface area contributed by atoms with Crippen molar-refractivity contribution in [3.63, 3.8) is 0 Å². The molecule has 0 aliphatic heterocycles. The van der Waals surface area contributed by atoms with Gasteiger partial charge in [0.1, 0.15) is 5.76 Å². The summed E-state index contributed by atoms with van der Waals surface area (Å²) in [5.41, 5.74) is 1.95. The number of nitrogens with one attached hydrogen (secondary N) is 1. The summed E-state index contributed by atoms with van der Waals surface area (Å²) in [7, 11) is 0. The second-order valence-corrected chi connectivity index (χ2v) is 3.27. The van der Waals surface area contributed by atoms with Crippen LogP contribution in [0.3, 0.4) is 0 Å². The summed E-state index contributed by atoms with van der Waals surface area (Å²) in [6.45, 7) is 6.41. The van der Waals surface area contributed by atoms with Gasteiger partial charge >= 0.3 is 0 Å². The van der Waals surface area contributed by atoms with Crippen molar-refractivity contribution in [1.29, 1.82) is 5.26 Å². The molecule has 4 heteroatoms. The first-order valence-electron chi connectivity index (χ1n) is 4.73. The average Bonchev–Trinajstić information content (AvgIpc) is 2.50. The summed E-state index contributed by atoms with van der Waals surface area (Å²) < 4.78 is 5.02. The standard InChI is InChI=1S/C10H15N3O/c1-4-9(5-11)12-6-10-7(2)13-14-8(10)3/h9,12H,4,6H2,1-3H3. The third-order valence-electron chi connectivity index (χ3n) is 2.27. The lowest BCUT2D eigenvalue weighted by Gasteiger charge is -2.07. The molecule has 1 N–H and O–H groups in total. The molecule has 0 spiro atoms. The van der Waals surface area contributed by atoms with E-state index in [4.69, 9.17) is 9.78 Å². The maximum atomic E-state index is 8.74. The van der Waals surface area contributed by atoms with Crippen molar-refractivity contribution < 1.29 is 4.52 Å². The van der Waals surface area contributed by atoms with Gasteiger partial charge < -0.3 is 4.52 Å². The predicted octanol–water partition coefficient (Wildman–Crippen LogP) is 1.68. The minimum absolute atomic E-state index is 0.0938. The molecule has 0 bridgehead atoms. The van der Waals surface area contributed by atoms with E-state index in [1.807, 2.05) is 20.8 Å². The predicted molar refractivity (Wildman–Crippen MR) is 52.5 cm³/mol. The van der Waals surface area contributed by atoms with Gasteiger partial charge in [-0.15, -0.1) is 0 Å².